The maximum Gasteiger partial charge on any atom is 0.276 e. The molecule has 3 aromatic rings. The summed E-state index contributed by atoms with van der Waals surface area (Å²) in [7, 11) is 0. The van der Waals surface area contributed by atoms with Crippen LogP contribution in [0.25, 0.3) is 0 Å². The largest absolute Gasteiger partial charge is 0.425 e. The van der Waals surface area contributed by atoms with Crippen LogP contribution in [0.2, 0.25) is 0 Å². The summed E-state index contributed by atoms with van der Waals surface area (Å²) in [6.07, 6.45) is 2.17. The minimum absolute atomic E-state index is 0.00911. The number of piperidine rings is 1. The zero-order chi connectivity index (χ0) is 18.8. The average molecular weight is 370 g/mol. The molecule has 1 aliphatic rings. The zero-order valence-electron chi connectivity index (χ0n) is 14.9. The molecule has 0 bridgehead atoms. The van der Waals surface area contributed by atoms with Crippen molar-refractivity contribution in [3.05, 3.63) is 64.9 Å². The Kier molecular flexibility index (Phi) is 4.70. The van der Waals surface area contributed by atoms with E-state index in [2.05, 4.69) is 15.4 Å². The fourth-order valence-electron chi connectivity index (χ4n) is 3.27. The van der Waals surface area contributed by atoms with E-state index in [0.717, 1.165) is 18.4 Å². The Labute approximate surface area is 155 Å². The number of benzene rings is 1. The average Bonchev–Trinajstić information content (AvgIpc) is 3.32. The number of carbonyl (C=O) groups excluding carboxylic acids is 1. The van der Waals surface area contributed by atoms with Crippen molar-refractivity contribution in [1.29, 1.82) is 0 Å². The summed E-state index contributed by atoms with van der Waals surface area (Å²) in [5, 5.41) is 12.1. The van der Waals surface area contributed by atoms with E-state index in [1.165, 1.54) is 12.1 Å². The third-order valence-corrected chi connectivity index (χ3v) is 4.66. The van der Waals surface area contributed by atoms with Gasteiger partial charge in [-0.05, 0) is 37.5 Å². The van der Waals surface area contributed by atoms with Gasteiger partial charge in [-0.15, -0.1) is 10.2 Å². The van der Waals surface area contributed by atoms with Crippen LogP contribution >= 0.6 is 0 Å². The SMILES string of the molecule is Cc1cc(C(=O)N2CCC[C@H](c3nnc(Cc4ccc(F)cc4)o3)C2)no1. The van der Waals surface area contributed by atoms with E-state index in [4.69, 9.17) is 8.94 Å². The van der Waals surface area contributed by atoms with Crippen LogP contribution in [0.1, 0.15) is 52.4 Å². The molecule has 2 aromatic heterocycles. The van der Waals surface area contributed by atoms with Crippen LogP contribution < -0.4 is 0 Å². The predicted octanol–water partition coefficient (Wildman–Crippen LogP) is 3.12. The van der Waals surface area contributed by atoms with E-state index >= 15 is 0 Å². The minimum Gasteiger partial charge on any atom is -0.425 e. The molecule has 4 rings (SSSR count). The highest BCUT2D eigenvalue weighted by molar-refractivity contribution is 5.92. The van der Waals surface area contributed by atoms with E-state index in [1.807, 2.05) is 0 Å². The van der Waals surface area contributed by atoms with Crippen LogP contribution in [-0.2, 0) is 6.42 Å². The number of aromatic nitrogens is 3. The standard InChI is InChI=1S/C19H19FN4O3/c1-12-9-16(23-27-12)19(25)24-8-2-3-14(11-24)18-22-21-17(26-18)10-13-4-6-15(20)7-5-13/h4-7,9,14H,2-3,8,10-11H2,1H3/t14-/m0/s1. The van der Waals surface area contributed by atoms with Gasteiger partial charge in [-0.3, -0.25) is 4.79 Å². The van der Waals surface area contributed by atoms with Gasteiger partial charge in [0.1, 0.15) is 11.6 Å². The number of amides is 1. The minimum atomic E-state index is -0.278. The van der Waals surface area contributed by atoms with Crippen LogP contribution in [0.4, 0.5) is 4.39 Å². The van der Waals surface area contributed by atoms with Crippen LogP contribution in [-0.4, -0.2) is 39.3 Å². The maximum absolute atomic E-state index is 13.0. The van der Waals surface area contributed by atoms with E-state index in [9.17, 15) is 9.18 Å². The van der Waals surface area contributed by atoms with Gasteiger partial charge in [0.05, 0.1) is 12.3 Å². The van der Waals surface area contributed by atoms with Gasteiger partial charge in [-0.25, -0.2) is 4.39 Å². The van der Waals surface area contributed by atoms with Crippen molar-refractivity contribution < 1.29 is 18.1 Å². The fourth-order valence-corrected chi connectivity index (χ4v) is 3.27. The third-order valence-electron chi connectivity index (χ3n) is 4.66. The molecule has 140 valence electrons. The Morgan fingerprint density at radius 2 is 2.11 bits per heavy atom. The number of halogens is 1. The quantitative estimate of drug-likeness (QED) is 0.701. The van der Waals surface area contributed by atoms with E-state index in [1.54, 1.807) is 30.0 Å². The number of hydrogen-bond acceptors (Lipinski definition) is 6. The number of carbonyl (C=O) groups is 1. The Balaban J connectivity index is 1.43. The Hall–Kier alpha value is -3.03. The summed E-state index contributed by atoms with van der Waals surface area (Å²) in [5.74, 6) is 1.18. The second kappa shape index (κ2) is 7.30. The normalized spacial score (nSPS) is 17.3. The van der Waals surface area contributed by atoms with Crippen molar-refractivity contribution in [3.8, 4) is 0 Å². The van der Waals surface area contributed by atoms with Crippen LogP contribution in [0.5, 0.6) is 0 Å². The molecular weight excluding hydrogens is 351 g/mol. The van der Waals surface area contributed by atoms with Gasteiger partial charge in [0.15, 0.2) is 5.69 Å². The summed E-state index contributed by atoms with van der Waals surface area (Å²) in [6, 6.07) is 7.84. The molecule has 3 heterocycles. The van der Waals surface area contributed by atoms with E-state index in [0.29, 0.717) is 42.7 Å². The first kappa shape index (κ1) is 17.4. The van der Waals surface area contributed by atoms with Gasteiger partial charge in [0.25, 0.3) is 5.91 Å². The lowest BCUT2D eigenvalue weighted by Gasteiger charge is -2.30. The molecule has 1 fully saturated rings. The van der Waals surface area contributed by atoms with Crippen molar-refractivity contribution in [2.24, 2.45) is 0 Å². The van der Waals surface area contributed by atoms with Crippen LogP contribution in [0, 0.1) is 12.7 Å². The first-order valence-corrected chi connectivity index (χ1v) is 8.88. The summed E-state index contributed by atoms with van der Waals surface area (Å²) in [6.45, 7) is 2.92. The van der Waals surface area contributed by atoms with Crippen LogP contribution in [0.3, 0.4) is 0 Å². The Bertz CT molecular complexity index is 935. The smallest absolute Gasteiger partial charge is 0.276 e. The molecule has 1 amide bonds. The highest BCUT2D eigenvalue weighted by Crippen LogP contribution is 2.27. The fraction of sp³-hybridized carbons (Fsp3) is 0.368. The summed E-state index contributed by atoms with van der Waals surface area (Å²) in [4.78, 5) is 14.3. The highest BCUT2D eigenvalue weighted by Gasteiger charge is 2.30. The summed E-state index contributed by atoms with van der Waals surface area (Å²) in [5.41, 5.74) is 1.21. The van der Waals surface area contributed by atoms with Crippen molar-refractivity contribution >= 4 is 5.91 Å². The van der Waals surface area contributed by atoms with Gasteiger partial charge in [0.2, 0.25) is 11.8 Å². The van der Waals surface area contributed by atoms with Gasteiger partial charge < -0.3 is 13.8 Å². The van der Waals surface area contributed by atoms with Crippen molar-refractivity contribution in [2.75, 3.05) is 13.1 Å². The second-order valence-corrected chi connectivity index (χ2v) is 6.75. The molecule has 7 nitrogen and oxygen atoms in total. The molecule has 0 radical (unpaired) electrons. The molecule has 8 heteroatoms. The molecule has 0 unspecified atom stereocenters. The topological polar surface area (TPSA) is 85.3 Å². The van der Waals surface area contributed by atoms with Gasteiger partial charge >= 0.3 is 0 Å². The van der Waals surface area contributed by atoms with Gasteiger partial charge in [0, 0.05) is 19.2 Å². The van der Waals surface area contributed by atoms with E-state index in [-0.39, 0.29) is 17.6 Å². The lowest BCUT2D eigenvalue weighted by molar-refractivity contribution is 0.0687. The molecular formula is C19H19FN4O3. The number of aryl methyl sites for hydroxylation is 1. The number of nitrogens with zero attached hydrogens (tertiary/aromatic N) is 4. The molecule has 0 spiro atoms. The molecule has 0 saturated carbocycles. The first-order chi connectivity index (χ1) is 13.1. The molecule has 1 saturated heterocycles. The number of rotatable bonds is 4. The molecule has 1 aromatic carbocycles. The molecule has 0 aliphatic carbocycles. The third kappa shape index (κ3) is 3.89. The van der Waals surface area contributed by atoms with E-state index < -0.39 is 0 Å². The Morgan fingerprint density at radius 1 is 1.30 bits per heavy atom. The summed E-state index contributed by atoms with van der Waals surface area (Å²) >= 11 is 0. The predicted molar refractivity (Wildman–Crippen MR) is 92.6 cm³/mol. The maximum atomic E-state index is 13.0. The monoisotopic (exact) mass is 370 g/mol. The second-order valence-electron chi connectivity index (χ2n) is 6.75. The molecule has 27 heavy (non-hydrogen) atoms. The molecule has 1 aliphatic heterocycles. The number of hydrogen-bond donors (Lipinski definition) is 0. The highest BCUT2D eigenvalue weighted by atomic mass is 19.1. The first-order valence-electron chi connectivity index (χ1n) is 8.88. The zero-order valence-corrected chi connectivity index (χ0v) is 14.9. The van der Waals surface area contributed by atoms with Crippen molar-refractivity contribution in [2.45, 2.75) is 32.1 Å². The van der Waals surface area contributed by atoms with Crippen LogP contribution in [0.15, 0.2) is 39.3 Å². The number of likely N-dealkylation sites (tertiary alicyclic amines) is 1. The Morgan fingerprint density at radius 3 is 2.85 bits per heavy atom. The summed E-state index contributed by atoms with van der Waals surface area (Å²) < 4.78 is 23.8. The van der Waals surface area contributed by atoms with Gasteiger partial charge in [-0.1, -0.05) is 17.3 Å². The van der Waals surface area contributed by atoms with Crippen molar-refractivity contribution in [3.63, 3.8) is 0 Å². The van der Waals surface area contributed by atoms with Gasteiger partial charge in [-0.2, -0.15) is 0 Å². The van der Waals surface area contributed by atoms with Crippen molar-refractivity contribution in [1.82, 2.24) is 20.3 Å². The lowest BCUT2D eigenvalue weighted by Crippen LogP contribution is -2.39. The molecule has 1 atom stereocenters. The molecule has 0 N–H and O–H groups in total. The lowest BCUT2D eigenvalue weighted by atomic mass is 9.98.